The van der Waals surface area contributed by atoms with Crippen LogP contribution in [-0.2, 0) is 17.8 Å². The van der Waals surface area contributed by atoms with Crippen LogP contribution >= 0.6 is 0 Å². The lowest BCUT2D eigenvalue weighted by atomic mass is 10.1. The number of ether oxygens (including phenoxy) is 1. The van der Waals surface area contributed by atoms with E-state index in [4.69, 9.17) is 4.74 Å². The molecule has 0 N–H and O–H groups in total. The Kier molecular flexibility index (Phi) is 5.52. The van der Waals surface area contributed by atoms with Crippen LogP contribution in [0.3, 0.4) is 0 Å². The van der Waals surface area contributed by atoms with Gasteiger partial charge in [-0.15, -0.1) is 5.10 Å². The van der Waals surface area contributed by atoms with Crippen LogP contribution in [0, 0.1) is 5.82 Å². The van der Waals surface area contributed by atoms with E-state index >= 15 is 0 Å². The van der Waals surface area contributed by atoms with E-state index in [9.17, 15) is 4.39 Å². The van der Waals surface area contributed by atoms with Crippen LogP contribution in [-0.4, -0.2) is 44.4 Å². The molecule has 2 aromatic rings. The number of tetrazole rings is 1. The summed E-state index contributed by atoms with van der Waals surface area (Å²) >= 11 is 0. The topological polar surface area (TPSA) is 56.1 Å². The summed E-state index contributed by atoms with van der Waals surface area (Å²) in [5, 5.41) is 12.0. The zero-order valence-corrected chi connectivity index (χ0v) is 14.2. The van der Waals surface area contributed by atoms with Gasteiger partial charge in [-0.3, -0.25) is 4.90 Å². The van der Waals surface area contributed by atoms with Crippen molar-refractivity contribution in [3.05, 3.63) is 41.5 Å². The van der Waals surface area contributed by atoms with E-state index in [-0.39, 0.29) is 18.0 Å². The van der Waals surface area contributed by atoms with Crippen LogP contribution in [0.15, 0.2) is 24.3 Å². The molecule has 0 saturated carbocycles. The lowest BCUT2D eigenvalue weighted by Gasteiger charge is -2.25. The van der Waals surface area contributed by atoms with Crippen LogP contribution in [0.5, 0.6) is 0 Å². The molecule has 0 amide bonds. The monoisotopic (exact) mass is 333 g/mol. The summed E-state index contributed by atoms with van der Waals surface area (Å²) in [6.45, 7) is 6.97. The molecule has 6 nitrogen and oxygen atoms in total. The van der Waals surface area contributed by atoms with Crippen molar-refractivity contribution >= 4 is 0 Å². The Balaban J connectivity index is 1.74. The van der Waals surface area contributed by atoms with E-state index in [1.807, 2.05) is 10.7 Å². The van der Waals surface area contributed by atoms with E-state index in [1.165, 1.54) is 6.07 Å². The average Bonchev–Trinajstić information content (AvgIpc) is 3.19. The molecule has 1 aromatic heterocycles. The largest absolute Gasteiger partial charge is 0.377 e. The second kappa shape index (κ2) is 7.81. The van der Waals surface area contributed by atoms with E-state index in [0.29, 0.717) is 13.1 Å². The third kappa shape index (κ3) is 4.36. The summed E-state index contributed by atoms with van der Waals surface area (Å²) in [6, 6.07) is 6.93. The van der Waals surface area contributed by atoms with Crippen molar-refractivity contribution in [2.45, 2.75) is 51.9 Å². The normalized spacial score (nSPS) is 18.0. The molecule has 1 fully saturated rings. The number of rotatable bonds is 7. The molecule has 0 spiro atoms. The molecule has 3 rings (SSSR count). The minimum absolute atomic E-state index is 0.203. The number of aromatic nitrogens is 4. The van der Waals surface area contributed by atoms with E-state index < -0.39 is 0 Å². The van der Waals surface area contributed by atoms with Gasteiger partial charge in [0.25, 0.3) is 0 Å². The Hall–Kier alpha value is -1.86. The van der Waals surface area contributed by atoms with E-state index in [1.54, 1.807) is 12.1 Å². The molecular formula is C17H24FN5O. The molecule has 7 heteroatoms. The average molecular weight is 333 g/mol. The summed E-state index contributed by atoms with van der Waals surface area (Å²) in [4.78, 5) is 2.23. The van der Waals surface area contributed by atoms with Gasteiger partial charge in [0.15, 0.2) is 5.82 Å². The number of hydrogen-bond acceptors (Lipinski definition) is 5. The van der Waals surface area contributed by atoms with Crippen LogP contribution in [0.4, 0.5) is 4.39 Å². The first-order valence-electron chi connectivity index (χ1n) is 8.47. The van der Waals surface area contributed by atoms with Gasteiger partial charge in [-0.25, -0.2) is 9.07 Å². The van der Waals surface area contributed by atoms with Crippen molar-refractivity contribution in [3.8, 4) is 0 Å². The third-order valence-corrected chi connectivity index (χ3v) is 4.20. The van der Waals surface area contributed by atoms with Crippen LogP contribution in [0.2, 0.25) is 0 Å². The van der Waals surface area contributed by atoms with Gasteiger partial charge in [-0.1, -0.05) is 12.1 Å². The zero-order valence-electron chi connectivity index (χ0n) is 14.2. The molecule has 0 bridgehead atoms. The predicted molar refractivity (Wildman–Crippen MR) is 87.7 cm³/mol. The fraction of sp³-hybridized carbons (Fsp3) is 0.588. The van der Waals surface area contributed by atoms with Gasteiger partial charge < -0.3 is 4.74 Å². The molecule has 1 aliphatic heterocycles. The van der Waals surface area contributed by atoms with Crippen molar-refractivity contribution in [3.63, 3.8) is 0 Å². The van der Waals surface area contributed by atoms with Gasteiger partial charge in [-0.2, -0.15) is 0 Å². The van der Waals surface area contributed by atoms with Crippen LogP contribution < -0.4 is 0 Å². The Bertz CT molecular complexity index is 654. The molecule has 2 heterocycles. The molecular weight excluding hydrogens is 309 g/mol. The molecule has 130 valence electrons. The fourth-order valence-electron chi connectivity index (χ4n) is 3.07. The highest BCUT2D eigenvalue weighted by Crippen LogP contribution is 2.17. The molecule has 1 unspecified atom stereocenters. The van der Waals surface area contributed by atoms with Gasteiger partial charge in [0.05, 0.1) is 18.7 Å². The predicted octanol–water partition coefficient (Wildman–Crippen LogP) is 2.57. The molecule has 0 aliphatic carbocycles. The summed E-state index contributed by atoms with van der Waals surface area (Å²) in [6.07, 6.45) is 2.39. The quantitative estimate of drug-likeness (QED) is 0.779. The van der Waals surface area contributed by atoms with Gasteiger partial charge in [-0.05, 0) is 54.8 Å². The number of halogens is 1. The molecule has 1 saturated heterocycles. The smallest absolute Gasteiger partial charge is 0.165 e. The van der Waals surface area contributed by atoms with Gasteiger partial charge in [0, 0.05) is 19.7 Å². The second-order valence-electron chi connectivity index (χ2n) is 6.57. The minimum atomic E-state index is -0.211. The summed E-state index contributed by atoms with van der Waals surface area (Å²) < 4.78 is 21.1. The maximum Gasteiger partial charge on any atom is 0.165 e. The van der Waals surface area contributed by atoms with Crippen molar-refractivity contribution < 1.29 is 9.13 Å². The molecule has 1 aromatic carbocycles. The van der Waals surface area contributed by atoms with Gasteiger partial charge >= 0.3 is 0 Å². The minimum Gasteiger partial charge on any atom is -0.377 e. The van der Waals surface area contributed by atoms with Gasteiger partial charge in [0.1, 0.15) is 5.82 Å². The van der Waals surface area contributed by atoms with Crippen LogP contribution in [0.25, 0.3) is 0 Å². The highest BCUT2D eigenvalue weighted by atomic mass is 19.1. The SMILES string of the molecule is CC(C)n1nnnc1CN(Cc1cccc(F)c1)CC1CCCO1. The Morgan fingerprint density at radius 1 is 1.38 bits per heavy atom. The lowest BCUT2D eigenvalue weighted by molar-refractivity contribution is 0.0663. The summed E-state index contributed by atoms with van der Waals surface area (Å²) in [5.74, 6) is 0.607. The fourth-order valence-corrected chi connectivity index (χ4v) is 3.07. The third-order valence-electron chi connectivity index (χ3n) is 4.20. The number of benzene rings is 1. The Morgan fingerprint density at radius 2 is 2.25 bits per heavy atom. The highest BCUT2D eigenvalue weighted by molar-refractivity contribution is 5.16. The zero-order chi connectivity index (χ0) is 16.9. The van der Waals surface area contributed by atoms with E-state index in [0.717, 1.165) is 37.4 Å². The van der Waals surface area contributed by atoms with Crippen molar-refractivity contribution in [2.24, 2.45) is 0 Å². The van der Waals surface area contributed by atoms with Crippen molar-refractivity contribution in [2.75, 3.05) is 13.2 Å². The maximum atomic E-state index is 13.5. The second-order valence-corrected chi connectivity index (χ2v) is 6.57. The first kappa shape index (κ1) is 17.0. The Morgan fingerprint density at radius 3 is 2.96 bits per heavy atom. The number of hydrogen-bond donors (Lipinski definition) is 0. The first-order valence-corrected chi connectivity index (χ1v) is 8.47. The lowest BCUT2D eigenvalue weighted by Crippen LogP contribution is -2.32. The number of nitrogens with zero attached hydrogens (tertiary/aromatic N) is 5. The molecule has 1 aliphatic rings. The van der Waals surface area contributed by atoms with Gasteiger partial charge in [0.2, 0.25) is 0 Å². The van der Waals surface area contributed by atoms with Crippen molar-refractivity contribution in [1.29, 1.82) is 0 Å². The maximum absolute atomic E-state index is 13.5. The van der Waals surface area contributed by atoms with Crippen LogP contribution in [0.1, 0.15) is 44.1 Å². The highest BCUT2D eigenvalue weighted by Gasteiger charge is 2.22. The molecule has 24 heavy (non-hydrogen) atoms. The first-order chi connectivity index (χ1) is 11.6. The molecule has 0 radical (unpaired) electrons. The standard InChI is InChI=1S/C17H24FN5O/c1-13(2)23-17(19-20-21-23)12-22(11-16-7-4-8-24-16)10-14-5-3-6-15(18)9-14/h3,5-6,9,13,16H,4,7-8,10-12H2,1-2H3. The summed E-state index contributed by atoms with van der Waals surface area (Å²) in [5.41, 5.74) is 0.941. The summed E-state index contributed by atoms with van der Waals surface area (Å²) in [7, 11) is 0. The molecule has 1 atom stereocenters. The van der Waals surface area contributed by atoms with E-state index in [2.05, 4.69) is 34.3 Å². The Labute approximate surface area is 141 Å². The van der Waals surface area contributed by atoms with Crippen molar-refractivity contribution in [1.82, 2.24) is 25.1 Å².